The average molecular weight is 256 g/mol. The fraction of sp³-hybridized carbons (Fsp3) is 1.00. The third-order valence-corrected chi connectivity index (χ3v) is 3.80. The second-order valence-electron chi connectivity index (χ2n) is 5.62. The van der Waals surface area contributed by atoms with Gasteiger partial charge in [0.1, 0.15) is 0 Å². The molecule has 110 valence electrons. The van der Waals surface area contributed by atoms with Gasteiger partial charge in [-0.05, 0) is 12.8 Å². The zero-order valence-electron chi connectivity index (χ0n) is 12.8. The van der Waals surface area contributed by atoms with Gasteiger partial charge in [0.2, 0.25) is 0 Å². The number of hydrogen-bond donors (Lipinski definition) is 2. The molecule has 0 fully saturated rings. The minimum atomic E-state index is 0.550. The Bertz CT molecular complexity index is 148. The van der Waals surface area contributed by atoms with Crippen LogP contribution in [0, 0.1) is 0 Å². The molecule has 0 radical (unpaired) electrons. The van der Waals surface area contributed by atoms with Gasteiger partial charge in [-0.3, -0.25) is 11.3 Å². The summed E-state index contributed by atoms with van der Waals surface area (Å²) in [5.74, 6) is 5.57. The molecule has 0 aliphatic rings. The highest BCUT2D eigenvalue weighted by Gasteiger charge is 2.04. The molecule has 1 atom stereocenters. The second kappa shape index (κ2) is 15.0. The van der Waals surface area contributed by atoms with E-state index in [4.69, 9.17) is 5.84 Å². The Labute approximate surface area is 115 Å². The molecule has 18 heavy (non-hydrogen) atoms. The molecule has 2 heteroatoms. The van der Waals surface area contributed by atoms with Crippen LogP contribution >= 0.6 is 0 Å². The van der Waals surface area contributed by atoms with E-state index < -0.39 is 0 Å². The third-order valence-electron chi connectivity index (χ3n) is 3.80. The van der Waals surface area contributed by atoms with Gasteiger partial charge in [-0.1, -0.05) is 84.5 Å². The molecule has 0 aromatic heterocycles. The zero-order valence-corrected chi connectivity index (χ0v) is 12.8. The normalized spacial score (nSPS) is 12.8. The lowest BCUT2D eigenvalue weighted by Crippen LogP contribution is -2.34. The summed E-state index contributed by atoms with van der Waals surface area (Å²) in [6.45, 7) is 4.52. The Kier molecular flexibility index (Phi) is 14.9. The van der Waals surface area contributed by atoms with Crippen LogP contribution < -0.4 is 11.3 Å². The quantitative estimate of drug-likeness (QED) is 0.263. The highest BCUT2D eigenvalue weighted by atomic mass is 15.2. The number of unbranched alkanes of at least 4 members (excludes halogenated alkanes) is 9. The summed E-state index contributed by atoms with van der Waals surface area (Å²) < 4.78 is 0. The maximum atomic E-state index is 5.57. The first-order valence-electron chi connectivity index (χ1n) is 8.31. The van der Waals surface area contributed by atoms with Gasteiger partial charge in [0.25, 0.3) is 0 Å². The smallest absolute Gasteiger partial charge is 0.0210 e. The largest absolute Gasteiger partial charge is 0.271 e. The van der Waals surface area contributed by atoms with Crippen molar-refractivity contribution in [2.75, 3.05) is 0 Å². The van der Waals surface area contributed by atoms with E-state index in [2.05, 4.69) is 19.3 Å². The molecule has 0 aromatic carbocycles. The number of rotatable bonds is 14. The van der Waals surface area contributed by atoms with Crippen molar-refractivity contribution in [3.05, 3.63) is 0 Å². The predicted octanol–water partition coefficient (Wildman–Crippen LogP) is 4.93. The molecular formula is C16H36N2. The van der Waals surface area contributed by atoms with Crippen molar-refractivity contribution in [3.63, 3.8) is 0 Å². The van der Waals surface area contributed by atoms with E-state index in [1.807, 2.05) is 0 Å². The lowest BCUT2D eigenvalue weighted by atomic mass is 10.0. The Balaban J connectivity index is 3.17. The maximum absolute atomic E-state index is 5.57. The number of hydrazine groups is 1. The van der Waals surface area contributed by atoms with Crippen LogP contribution in [0.15, 0.2) is 0 Å². The van der Waals surface area contributed by atoms with E-state index in [1.165, 1.54) is 83.5 Å². The first-order chi connectivity index (χ1) is 8.85. The van der Waals surface area contributed by atoms with Crippen LogP contribution in [-0.2, 0) is 0 Å². The Morgan fingerprint density at radius 3 is 1.61 bits per heavy atom. The molecule has 0 rings (SSSR count). The molecule has 2 nitrogen and oxygen atoms in total. The second-order valence-corrected chi connectivity index (χ2v) is 5.62. The Morgan fingerprint density at radius 2 is 1.11 bits per heavy atom. The summed E-state index contributed by atoms with van der Waals surface area (Å²) in [7, 11) is 0. The third kappa shape index (κ3) is 12.4. The van der Waals surface area contributed by atoms with Crippen LogP contribution in [0.1, 0.15) is 97.3 Å². The minimum Gasteiger partial charge on any atom is -0.271 e. The van der Waals surface area contributed by atoms with Crippen molar-refractivity contribution in [2.45, 2.75) is 103 Å². The topological polar surface area (TPSA) is 38.0 Å². The van der Waals surface area contributed by atoms with Gasteiger partial charge >= 0.3 is 0 Å². The first kappa shape index (κ1) is 17.9. The van der Waals surface area contributed by atoms with Crippen LogP contribution in [0.2, 0.25) is 0 Å². The molecule has 0 amide bonds. The standard InChI is InChI=1S/C16H36N2/c1-3-5-7-8-9-10-11-12-13-15-16(18-17)14-6-4-2/h16,18H,3-15,17H2,1-2H3. The molecule has 0 aromatic rings. The van der Waals surface area contributed by atoms with Gasteiger partial charge < -0.3 is 0 Å². The molecule has 1 unspecified atom stereocenters. The van der Waals surface area contributed by atoms with Gasteiger partial charge in [0, 0.05) is 6.04 Å². The number of nitrogens with one attached hydrogen (secondary N) is 1. The van der Waals surface area contributed by atoms with Crippen LogP contribution in [0.3, 0.4) is 0 Å². The van der Waals surface area contributed by atoms with Crippen LogP contribution in [-0.4, -0.2) is 6.04 Å². The number of hydrogen-bond acceptors (Lipinski definition) is 2. The van der Waals surface area contributed by atoms with Crippen LogP contribution in [0.4, 0.5) is 0 Å². The molecular weight excluding hydrogens is 220 g/mol. The van der Waals surface area contributed by atoms with E-state index in [0.29, 0.717) is 6.04 Å². The van der Waals surface area contributed by atoms with Crippen LogP contribution in [0.25, 0.3) is 0 Å². The van der Waals surface area contributed by atoms with Gasteiger partial charge in [0.05, 0.1) is 0 Å². The van der Waals surface area contributed by atoms with Gasteiger partial charge in [0.15, 0.2) is 0 Å². The average Bonchev–Trinajstić information content (AvgIpc) is 2.40. The maximum Gasteiger partial charge on any atom is 0.0210 e. The lowest BCUT2D eigenvalue weighted by Gasteiger charge is -2.14. The van der Waals surface area contributed by atoms with Crippen LogP contribution in [0.5, 0.6) is 0 Å². The fourth-order valence-electron chi connectivity index (χ4n) is 2.46. The van der Waals surface area contributed by atoms with Gasteiger partial charge in [-0.2, -0.15) is 0 Å². The molecule has 0 aliphatic carbocycles. The van der Waals surface area contributed by atoms with E-state index >= 15 is 0 Å². The SMILES string of the molecule is CCCCCCCCCCCC(CCCC)NN. The highest BCUT2D eigenvalue weighted by molar-refractivity contribution is 4.63. The summed E-state index contributed by atoms with van der Waals surface area (Å²) >= 11 is 0. The predicted molar refractivity (Wildman–Crippen MR) is 82.5 cm³/mol. The summed E-state index contributed by atoms with van der Waals surface area (Å²) in [5.41, 5.74) is 2.96. The molecule has 3 N–H and O–H groups in total. The summed E-state index contributed by atoms with van der Waals surface area (Å²) in [6, 6.07) is 0.550. The van der Waals surface area contributed by atoms with E-state index in [1.54, 1.807) is 0 Å². The number of nitrogens with two attached hydrogens (primary N) is 1. The summed E-state index contributed by atoms with van der Waals surface area (Å²) in [5, 5.41) is 0. The van der Waals surface area contributed by atoms with Crippen molar-refractivity contribution in [1.29, 1.82) is 0 Å². The van der Waals surface area contributed by atoms with Gasteiger partial charge in [-0.15, -0.1) is 0 Å². The first-order valence-corrected chi connectivity index (χ1v) is 8.31. The zero-order chi connectivity index (χ0) is 13.5. The monoisotopic (exact) mass is 256 g/mol. The van der Waals surface area contributed by atoms with Crippen molar-refractivity contribution in [1.82, 2.24) is 5.43 Å². The van der Waals surface area contributed by atoms with Crippen molar-refractivity contribution < 1.29 is 0 Å². The molecule has 0 saturated heterocycles. The minimum absolute atomic E-state index is 0.550. The molecule has 0 saturated carbocycles. The summed E-state index contributed by atoms with van der Waals surface area (Å²) in [6.07, 6.45) is 17.7. The van der Waals surface area contributed by atoms with E-state index in [-0.39, 0.29) is 0 Å². The van der Waals surface area contributed by atoms with Crippen molar-refractivity contribution >= 4 is 0 Å². The van der Waals surface area contributed by atoms with E-state index in [9.17, 15) is 0 Å². The fourth-order valence-corrected chi connectivity index (χ4v) is 2.46. The molecule has 0 bridgehead atoms. The van der Waals surface area contributed by atoms with Gasteiger partial charge in [-0.25, -0.2) is 0 Å². The van der Waals surface area contributed by atoms with Crippen molar-refractivity contribution in [3.8, 4) is 0 Å². The Morgan fingerprint density at radius 1 is 0.667 bits per heavy atom. The molecule has 0 heterocycles. The molecule has 0 aliphatic heterocycles. The Hall–Kier alpha value is -0.0800. The highest BCUT2D eigenvalue weighted by Crippen LogP contribution is 2.13. The molecule has 0 spiro atoms. The summed E-state index contributed by atoms with van der Waals surface area (Å²) in [4.78, 5) is 0. The van der Waals surface area contributed by atoms with Crippen molar-refractivity contribution in [2.24, 2.45) is 5.84 Å². The lowest BCUT2D eigenvalue weighted by molar-refractivity contribution is 0.426. The van der Waals surface area contributed by atoms with E-state index in [0.717, 1.165) is 0 Å².